The molecule has 1 aromatic carbocycles. The average Bonchev–Trinajstić information content (AvgIpc) is 2.71. The van der Waals surface area contributed by atoms with E-state index in [1.807, 2.05) is 19.9 Å². The minimum Gasteiger partial charge on any atom is -0.369 e. The van der Waals surface area contributed by atoms with E-state index < -0.39 is 18.2 Å². The molecule has 6 nitrogen and oxygen atoms in total. The number of carbonyl (C=O) groups is 3. The number of carbonyl (C=O) groups excluding carboxylic acids is 3. The summed E-state index contributed by atoms with van der Waals surface area (Å²) in [5, 5.41) is 12.6. The van der Waals surface area contributed by atoms with Gasteiger partial charge in [0.15, 0.2) is 6.23 Å². The van der Waals surface area contributed by atoms with Gasteiger partial charge in [-0.3, -0.25) is 24.6 Å². The Kier molecular flexibility index (Phi) is 3.48. The molecule has 2 N–H and O–H groups in total. The van der Waals surface area contributed by atoms with Gasteiger partial charge in [-0.25, -0.2) is 0 Å². The van der Waals surface area contributed by atoms with Crippen molar-refractivity contribution in [1.82, 2.24) is 10.2 Å². The number of rotatable bonds is 2. The van der Waals surface area contributed by atoms with Crippen molar-refractivity contribution in [2.45, 2.75) is 44.9 Å². The van der Waals surface area contributed by atoms with E-state index in [4.69, 9.17) is 0 Å². The normalized spacial score (nSPS) is 24.7. The van der Waals surface area contributed by atoms with Crippen LogP contribution in [0.5, 0.6) is 0 Å². The third-order valence-electron chi connectivity index (χ3n) is 4.30. The van der Waals surface area contributed by atoms with Gasteiger partial charge in [0.2, 0.25) is 11.8 Å². The molecular weight excluding hydrogens is 284 g/mol. The van der Waals surface area contributed by atoms with Crippen LogP contribution >= 0.6 is 0 Å². The second kappa shape index (κ2) is 5.21. The average molecular weight is 302 g/mol. The summed E-state index contributed by atoms with van der Waals surface area (Å²) < 4.78 is 0. The Labute approximate surface area is 128 Å². The predicted molar refractivity (Wildman–Crippen MR) is 77.8 cm³/mol. The van der Waals surface area contributed by atoms with Crippen molar-refractivity contribution in [2.75, 3.05) is 0 Å². The van der Waals surface area contributed by atoms with E-state index in [0.717, 1.165) is 5.56 Å². The molecule has 1 fully saturated rings. The van der Waals surface area contributed by atoms with Gasteiger partial charge in [0.1, 0.15) is 6.04 Å². The minimum absolute atomic E-state index is 0.167. The Morgan fingerprint density at radius 2 is 2.00 bits per heavy atom. The van der Waals surface area contributed by atoms with E-state index in [-0.39, 0.29) is 30.6 Å². The number of aliphatic hydroxyl groups is 1. The summed E-state index contributed by atoms with van der Waals surface area (Å²) in [5.41, 5.74) is 1.95. The number of piperidine rings is 1. The predicted octanol–water partition coefficient (Wildman–Crippen LogP) is 1.06. The highest BCUT2D eigenvalue weighted by atomic mass is 16.3. The molecule has 2 unspecified atom stereocenters. The summed E-state index contributed by atoms with van der Waals surface area (Å²) in [7, 11) is 0. The molecule has 0 spiro atoms. The van der Waals surface area contributed by atoms with Gasteiger partial charge in [0.25, 0.3) is 5.91 Å². The summed E-state index contributed by atoms with van der Waals surface area (Å²) >= 11 is 0. The number of imide groups is 1. The van der Waals surface area contributed by atoms with Crippen LogP contribution in [0.4, 0.5) is 0 Å². The summed E-state index contributed by atoms with van der Waals surface area (Å²) in [6, 6.07) is 4.58. The van der Waals surface area contributed by atoms with E-state index in [0.29, 0.717) is 11.1 Å². The monoisotopic (exact) mass is 302 g/mol. The smallest absolute Gasteiger partial charge is 0.257 e. The number of nitrogens with one attached hydrogen (secondary N) is 1. The van der Waals surface area contributed by atoms with Crippen molar-refractivity contribution in [3.8, 4) is 0 Å². The molecule has 6 heteroatoms. The van der Waals surface area contributed by atoms with E-state index >= 15 is 0 Å². The summed E-state index contributed by atoms with van der Waals surface area (Å²) in [5.74, 6) is -0.970. The zero-order valence-electron chi connectivity index (χ0n) is 12.5. The fourth-order valence-corrected chi connectivity index (χ4v) is 3.00. The highest BCUT2D eigenvalue weighted by Gasteiger charge is 2.44. The maximum absolute atomic E-state index is 12.6. The number of aliphatic hydroxyl groups excluding tert-OH is 1. The Bertz CT molecular complexity index is 668. The maximum Gasteiger partial charge on any atom is 0.257 e. The van der Waals surface area contributed by atoms with Crippen LogP contribution in [0.3, 0.4) is 0 Å². The molecule has 3 amide bonds. The van der Waals surface area contributed by atoms with Gasteiger partial charge in [0, 0.05) is 17.5 Å². The Morgan fingerprint density at radius 3 is 2.64 bits per heavy atom. The van der Waals surface area contributed by atoms with Crippen LogP contribution in [0.25, 0.3) is 0 Å². The Balaban J connectivity index is 1.94. The molecule has 1 aromatic rings. The minimum atomic E-state index is -1.15. The first kappa shape index (κ1) is 14.7. The largest absolute Gasteiger partial charge is 0.369 e. The number of fused-ring (bicyclic) bond motifs is 1. The number of amides is 3. The zero-order valence-corrected chi connectivity index (χ0v) is 12.5. The molecule has 0 aliphatic carbocycles. The third-order valence-corrected chi connectivity index (χ3v) is 4.30. The first-order valence-corrected chi connectivity index (χ1v) is 7.38. The van der Waals surface area contributed by atoms with Gasteiger partial charge in [-0.15, -0.1) is 0 Å². The summed E-state index contributed by atoms with van der Waals surface area (Å²) in [6.45, 7) is 4.05. The molecule has 116 valence electrons. The van der Waals surface area contributed by atoms with Gasteiger partial charge in [-0.05, 0) is 24.0 Å². The third kappa shape index (κ3) is 2.20. The van der Waals surface area contributed by atoms with E-state index in [1.54, 1.807) is 12.1 Å². The van der Waals surface area contributed by atoms with Gasteiger partial charge >= 0.3 is 0 Å². The SMILES string of the molecule is CC(C)c1ccc2c(c1)C(=O)N(C1CCC(=O)NC1=O)C2O. The maximum atomic E-state index is 12.6. The fourth-order valence-electron chi connectivity index (χ4n) is 3.00. The van der Waals surface area contributed by atoms with Gasteiger partial charge in [-0.2, -0.15) is 0 Å². The lowest BCUT2D eigenvalue weighted by Gasteiger charge is -2.31. The summed E-state index contributed by atoms with van der Waals surface area (Å²) in [4.78, 5) is 37.0. The number of hydrogen-bond donors (Lipinski definition) is 2. The molecule has 2 aliphatic heterocycles. The van der Waals surface area contributed by atoms with Crippen LogP contribution in [-0.4, -0.2) is 33.8 Å². The van der Waals surface area contributed by atoms with Crippen molar-refractivity contribution in [3.05, 3.63) is 34.9 Å². The van der Waals surface area contributed by atoms with Crippen molar-refractivity contribution in [1.29, 1.82) is 0 Å². The van der Waals surface area contributed by atoms with Gasteiger partial charge in [-0.1, -0.05) is 26.0 Å². The van der Waals surface area contributed by atoms with E-state index in [9.17, 15) is 19.5 Å². The lowest BCUT2D eigenvalue weighted by molar-refractivity contribution is -0.139. The van der Waals surface area contributed by atoms with E-state index in [1.165, 1.54) is 4.90 Å². The van der Waals surface area contributed by atoms with Crippen molar-refractivity contribution < 1.29 is 19.5 Å². The summed E-state index contributed by atoms with van der Waals surface area (Å²) in [6.07, 6.45) is -0.744. The molecule has 0 radical (unpaired) electrons. The van der Waals surface area contributed by atoms with Crippen LogP contribution in [0.1, 0.15) is 60.3 Å². The number of nitrogens with zero attached hydrogens (tertiary/aromatic N) is 1. The van der Waals surface area contributed by atoms with E-state index in [2.05, 4.69) is 5.32 Å². The first-order chi connectivity index (χ1) is 10.4. The Morgan fingerprint density at radius 1 is 1.27 bits per heavy atom. The van der Waals surface area contributed by atoms with Gasteiger partial charge in [0.05, 0.1) is 0 Å². The highest BCUT2D eigenvalue weighted by molar-refractivity contribution is 6.05. The Hall–Kier alpha value is -2.21. The lowest BCUT2D eigenvalue weighted by Crippen LogP contribution is -2.53. The standard InChI is InChI=1S/C16H18N2O4/c1-8(2)9-3-4-10-11(7-9)16(22)18(15(10)21)12-5-6-13(19)17-14(12)20/h3-4,7-8,12,15,21H,5-6H2,1-2H3,(H,17,19,20). The molecule has 1 saturated heterocycles. The van der Waals surface area contributed by atoms with Gasteiger partial charge < -0.3 is 5.11 Å². The molecule has 22 heavy (non-hydrogen) atoms. The van der Waals surface area contributed by atoms with Crippen molar-refractivity contribution in [2.24, 2.45) is 0 Å². The molecule has 0 saturated carbocycles. The second-order valence-corrected chi connectivity index (χ2v) is 6.05. The van der Waals surface area contributed by atoms with Crippen molar-refractivity contribution >= 4 is 17.7 Å². The van der Waals surface area contributed by atoms with Crippen LogP contribution in [-0.2, 0) is 9.59 Å². The second-order valence-electron chi connectivity index (χ2n) is 6.05. The van der Waals surface area contributed by atoms with Crippen LogP contribution < -0.4 is 5.32 Å². The molecule has 2 atom stereocenters. The van der Waals surface area contributed by atoms with Crippen LogP contribution in [0.15, 0.2) is 18.2 Å². The zero-order chi connectivity index (χ0) is 16.0. The van der Waals surface area contributed by atoms with Crippen molar-refractivity contribution in [3.63, 3.8) is 0 Å². The highest BCUT2D eigenvalue weighted by Crippen LogP contribution is 2.36. The molecule has 3 rings (SSSR count). The topological polar surface area (TPSA) is 86.7 Å². The fraction of sp³-hybridized carbons (Fsp3) is 0.438. The molecule has 2 aliphatic rings. The number of benzene rings is 1. The molecule has 0 aromatic heterocycles. The van der Waals surface area contributed by atoms with Crippen LogP contribution in [0.2, 0.25) is 0 Å². The number of hydrogen-bond acceptors (Lipinski definition) is 4. The molecule has 2 heterocycles. The quantitative estimate of drug-likeness (QED) is 0.800. The lowest BCUT2D eigenvalue weighted by atomic mass is 9.98. The first-order valence-electron chi connectivity index (χ1n) is 7.38. The molecule has 0 bridgehead atoms. The van der Waals surface area contributed by atoms with Crippen LogP contribution in [0, 0.1) is 0 Å². The molecular formula is C16H18N2O4.